The average Bonchev–Trinajstić information content (AvgIpc) is 3.34. The van der Waals surface area contributed by atoms with Gasteiger partial charge >= 0.3 is 0 Å². The third-order valence-electron chi connectivity index (χ3n) is 14.6. The average molecular weight is 646 g/mol. The van der Waals surface area contributed by atoms with Gasteiger partial charge in [-0.3, -0.25) is 4.99 Å². The predicted molar refractivity (Wildman–Crippen MR) is 190 cm³/mol. The molecule has 5 saturated carbocycles. The van der Waals surface area contributed by atoms with E-state index in [0.717, 1.165) is 64.0 Å². The third kappa shape index (κ3) is 6.95. The maximum absolute atomic E-state index is 11.2. The first kappa shape index (κ1) is 33.6. The highest BCUT2D eigenvalue weighted by atomic mass is 16.6. The summed E-state index contributed by atoms with van der Waals surface area (Å²) >= 11 is 0. The van der Waals surface area contributed by atoms with E-state index in [1.807, 2.05) is 0 Å². The first-order valence-corrected chi connectivity index (χ1v) is 19.3. The molecule has 0 bridgehead atoms. The predicted octanol–water partition coefficient (Wildman–Crippen LogP) is 7.32. The number of aliphatic imine (C=N–C) groups is 1. The van der Waals surface area contributed by atoms with Crippen LogP contribution in [0.25, 0.3) is 0 Å². The normalized spacial score (nSPS) is 45.0. The van der Waals surface area contributed by atoms with Crippen LogP contribution in [0.2, 0.25) is 0 Å². The Balaban J connectivity index is 0.928. The van der Waals surface area contributed by atoms with Crippen LogP contribution in [0.15, 0.2) is 47.5 Å². The summed E-state index contributed by atoms with van der Waals surface area (Å²) < 4.78 is 6.71. The van der Waals surface area contributed by atoms with E-state index >= 15 is 0 Å². The summed E-state index contributed by atoms with van der Waals surface area (Å²) in [7, 11) is 0. The van der Waals surface area contributed by atoms with Crippen molar-refractivity contribution < 1.29 is 14.9 Å². The van der Waals surface area contributed by atoms with Gasteiger partial charge in [0.1, 0.15) is 0 Å². The standard InChI is InChI=1S/C41H63N3O3/c1-28-23-40(19-13-30(24-40)14-20-41(46)17-7-10-33(45)25-41)36-39(3,47-36)18-15-35-34(28)26-38(35,2)32-12-11-31(22-32)27-44-37(42)43-21-16-29-8-5-4-6-9-29/h4-6,8-9,30-36,45-46H,1,7,10-27H2,2-3H3,(H3,42,43,44). The van der Waals surface area contributed by atoms with Crippen LogP contribution in [0, 0.1) is 40.4 Å². The number of ether oxygens (including phenoxy) is 1. The molecule has 1 saturated heterocycles. The molecule has 6 nitrogen and oxygen atoms in total. The molecule has 6 fully saturated rings. The van der Waals surface area contributed by atoms with Crippen LogP contribution >= 0.6 is 0 Å². The van der Waals surface area contributed by atoms with E-state index in [1.54, 1.807) is 0 Å². The van der Waals surface area contributed by atoms with Gasteiger partial charge in [-0.15, -0.1) is 0 Å². The van der Waals surface area contributed by atoms with Crippen LogP contribution in [0.4, 0.5) is 0 Å². The van der Waals surface area contributed by atoms with E-state index in [1.165, 1.54) is 68.9 Å². The van der Waals surface area contributed by atoms with E-state index in [9.17, 15) is 10.2 Å². The van der Waals surface area contributed by atoms with Crippen molar-refractivity contribution in [1.82, 2.24) is 5.32 Å². The Labute approximate surface area is 284 Å². The number of aliphatic hydroxyl groups is 2. The second-order valence-electron chi connectivity index (χ2n) is 17.9. The highest BCUT2D eigenvalue weighted by molar-refractivity contribution is 5.77. The van der Waals surface area contributed by atoms with Crippen LogP contribution in [0.5, 0.6) is 0 Å². The van der Waals surface area contributed by atoms with Gasteiger partial charge in [-0.05, 0) is 150 Å². The minimum Gasteiger partial charge on any atom is -0.393 e. The number of benzene rings is 1. The van der Waals surface area contributed by atoms with Gasteiger partial charge in [0.05, 0.1) is 23.4 Å². The quantitative estimate of drug-likeness (QED) is 0.0975. The molecule has 6 aliphatic rings. The lowest BCUT2D eigenvalue weighted by Gasteiger charge is -2.58. The minimum absolute atomic E-state index is 0.0181. The number of nitrogens with zero attached hydrogens (tertiary/aromatic N) is 1. The number of guanidine groups is 1. The van der Waals surface area contributed by atoms with E-state index < -0.39 is 5.60 Å². The number of fused-ring (bicyclic) bond motifs is 3. The molecule has 1 aromatic carbocycles. The molecule has 5 aliphatic carbocycles. The summed E-state index contributed by atoms with van der Waals surface area (Å²) in [4.78, 5) is 4.78. The van der Waals surface area contributed by atoms with Crippen molar-refractivity contribution >= 4 is 5.96 Å². The van der Waals surface area contributed by atoms with Gasteiger partial charge in [-0.2, -0.15) is 0 Å². The minimum atomic E-state index is -0.665. The van der Waals surface area contributed by atoms with Gasteiger partial charge in [-0.1, -0.05) is 49.4 Å². The maximum atomic E-state index is 11.2. The van der Waals surface area contributed by atoms with Crippen LogP contribution in [0.3, 0.4) is 0 Å². The molecule has 1 spiro atoms. The highest BCUT2D eigenvalue weighted by Gasteiger charge is 2.66. The van der Waals surface area contributed by atoms with Gasteiger partial charge < -0.3 is 26.0 Å². The zero-order chi connectivity index (χ0) is 32.9. The van der Waals surface area contributed by atoms with Crippen LogP contribution < -0.4 is 11.1 Å². The number of hydrogen-bond donors (Lipinski definition) is 4. The molecule has 0 amide bonds. The second-order valence-corrected chi connectivity index (χ2v) is 17.9. The number of aliphatic hydroxyl groups excluding tert-OH is 1. The molecule has 11 unspecified atom stereocenters. The lowest BCUT2D eigenvalue weighted by atomic mass is 9.46. The summed E-state index contributed by atoms with van der Waals surface area (Å²) in [5.41, 5.74) is 9.06. The lowest BCUT2D eigenvalue weighted by Crippen LogP contribution is -2.51. The first-order valence-electron chi connectivity index (χ1n) is 19.3. The molecule has 260 valence electrons. The van der Waals surface area contributed by atoms with Crippen molar-refractivity contribution in [3.8, 4) is 0 Å². The van der Waals surface area contributed by atoms with Gasteiger partial charge in [0, 0.05) is 24.9 Å². The molecule has 0 radical (unpaired) electrons. The molecule has 47 heavy (non-hydrogen) atoms. The van der Waals surface area contributed by atoms with E-state index in [0.29, 0.717) is 47.6 Å². The van der Waals surface area contributed by atoms with Gasteiger partial charge in [0.25, 0.3) is 0 Å². The van der Waals surface area contributed by atoms with Crippen molar-refractivity contribution in [2.45, 2.75) is 146 Å². The molecule has 5 N–H and O–H groups in total. The zero-order valence-electron chi connectivity index (χ0n) is 29.4. The van der Waals surface area contributed by atoms with Gasteiger partial charge in [0.15, 0.2) is 5.96 Å². The van der Waals surface area contributed by atoms with E-state index in [4.69, 9.17) is 22.0 Å². The fourth-order valence-corrected chi connectivity index (χ4v) is 11.8. The molecular weight excluding hydrogens is 582 g/mol. The Morgan fingerprint density at radius 3 is 2.66 bits per heavy atom. The Morgan fingerprint density at radius 2 is 1.85 bits per heavy atom. The van der Waals surface area contributed by atoms with Crippen molar-refractivity contribution in [3.05, 3.63) is 48.0 Å². The summed E-state index contributed by atoms with van der Waals surface area (Å²) in [5.74, 6) is 4.00. The molecule has 1 heterocycles. The Kier molecular flexibility index (Phi) is 9.36. The van der Waals surface area contributed by atoms with Crippen LogP contribution in [-0.2, 0) is 11.2 Å². The van der Waals surface area contributed by atoms with Crippen molar-refractivity contribution in [1.29, 1.82) is 0 Å². The summed E-state index contributed by atoms with van der Waals surface area (Å²) in [5, 5.41) is 24.7. The Bertz CT molecular complexity index is 1300. The smallest absolute Gasteiger partial charge is 0.188 e. The monoisotopic (exact) mass is 645 g/mol. The topological polar surface area (TPSA) is 103 Å². The zero-order valence-corrected chi connectivity index (χ0v) is 29.4. The number of epoxide rings is 1. The molecule has 1 aliphatic heterocycles. The number of nitrogens with two attached hydrogens (primary N) is 1. The van der Waals surface area contributed by atoms with Crippen LogP contribution in [-0.4, -0.2) is 52.7 Å². The number of rotatable bonds is 9. The SMILES string of the molecule is C=C1CC2(CCC(CCC3(O)CCCC(O)C3)C2)C2OC2(C)CCC2C1CC2(C)C1CCC(CN=C(N)NCCc2ccccc2)C1. The molecule has 0 aromatic heterocycles. The number of nitrogens with one attached hydrogen (secondary N) is 1. The van der Waals surface area contributed by atoms with Gasteiger partial charge in [-0.25, -0.2) is 0 Å². The fraction of sp³-hybridized carbons (Fsp3) is 0.780. The molecule has 1 aromatic rings. The second kappa shape index (κ2) is 13.1. The molecule has 11 atom stereocenters. The molecule has 6 heteroatoms. The van der Waals surface area contributed by atoms with Crippen molar-refractivity contribution in [2.24, 2.45) is 51.1 Å². The summed E-state index contributed by atoms with van der Waals surface area (Å²) in [6.45, 7) is 11.5. The van der Waals surface area contributed by atoms with Crippen LogP contribution in [0.1, 0.15) is 122 Å². The third-order valence-corrected chi connectivity index (χ3v) is 14.6. The Morgan fingerprint density at radius 1 is 1.02 bits per heavy atom. The van der Waals surface area contributed by atoms with Gasteiger partial charge in [0.2, 0.25) is 0 Å². The Hall–Kier alpha value is -1.89. The number of allylic oxidation sites excluding steroid dienone is 1. The summed E-state index contributed by atoms with van der Waals surface area (Å²) in [6.07, 6.45) is 18.5. The molecular formula is C41H63N3O3. The van der Waals surface area contributed by atoms with E-state index in [2.05, 4.69) is 49.5 Å². The summed E-state index contributed by atoms with van der Waals surface area (Å²) in [6, 6.07) is 10.5. The van der Waals surface area contributed by atoms with E-state index in [-0.39, 0.29) is 17.1 Å². The van der Waals surface area contributed by atoms with Crippen molar-refractivity contribution in [3.63, 3.8) is 0 Å². The highest BCUT2D eigenvalue weighted by Crippen LogP contribution is 2.69. The molecule has 7 rings (SSSR count). The number of hydrogen-bond acceptors (Lipinski definition) is 4. The maximum Gasteiger partial charge on any atom is 0.188 e. The first-order chi connectivity index (χ1) is 22.5. The lowest BCUT2D eigenvalue weighted by molar-refractivity contribution is -0.0693. The largest absolute Gasteiger partial charge is 0.393 e. The fourth-order valence-electron chi connectivity index (χ4n) is 11.8. The van der Waals surface area contributed by atoms with Crippen molar-refractivity contribution in [2.75, 3.05) is 13.1 Å².